The van der Waals surface area contributed by atoms with Crippen LogP contribution in [0, 0.1) is 12.3 Å². The number of para-hydroxylation sites is 1. The zero-order valence-electron chi connectivity index (χ0n) is 13.9. The second kappa shape index (κ2) is 10.1. The number of hydrogen-bond acceptors (Lipinski definition) is 5. The van der Waals surface area contributed by atoms with Gasteiger partial charge in [0.25, 0.3) is 0 Å². The number of nitrogens with two attached hydrogens (primary N) is 1. The largest absolute Gasteiger partial charge is 0.493 e. The van der Waals surface area contributed by atoms with E-state index < -0.39 is 0 Å². The van der Waals surface area contributed by atoms with Crippen molar-refractivity contribution >= 4 is 23.1 Å². The van der Waals surface area contributed by atoms with Crippen molar-refractivity contribution in [1.82, 2.24) is 0 Å². The highest BCUT2D eigenvalue weighted by atomic mass is 32.2. The van der Waals surface area contributed by atoms with E-state index in [1.165, 1.54) is 17.3 Å². The van der Waals surface area contributed by atoms with Crippen molar-refractivity contribution in [1.29, 1.82) is 0 Å². The Balaban J connectivity index is 2.04. The predicted octanol–water partition coefficient (Wildman–Crippen LogP) is 3.29. The molecule has 0 heterocycles. The van der Waals surface area contributed by atoms with Gasteiger partial charge in [-0.1, -0.05) is 54.1 Å². The predicted molar refractivity (Wildman–Crippen MR) is 104 cm³/mol. The molecule has 0 atom stereocenters. The minimum Gasteiger partial charge on any atom is -0.493 e. The lowest BCUT2D eigenvalue weighted by Crippen LogP contribution is -2.06. The molecule has 0 saturated heterocycles. The van der Waals surface area contributed by atoms with E-state index in [1.54, 1.807) is 19.4 Å². The Bertz CT molecular complexity index is 783. The molecule has 0 fully saturated rings. The monoisotopic (exact) mass is 353 g/mol. The van der Waals surface area contributed by atoms with Crippen LogP contribution >= 0.6 is 11.8 Å². The molecule has 0 aliphatic heterocycles. The average molecular weight is 353 g/mol. The van der Waals surface area contributed by atoms with Gasteiger partial charge in [-0.2, -0.15) is 5.10 Å². The standard InChI is InChI=1S/C19H19N3O2S/c1-3-12-24-18-16(10-7-11-17(18)23-2)13-21-22-19(20)25-14-15-8-5-4-6-9-15/h1,4-11,13H,12,14H2,2H3,(H2,20,22). The number of methoxy groups -OCH3 is 1. The average Bonchev–Trinajstić information content (AvgIpc) is 2.66. The first-order valence-electron chi connectivity index (χ1n) is 7.51. The van der Waals surface area contributed by atoms with Crippen LogP contribution in [-0.2, 0) is 5.75 Å². The fraction of sp³-hybridized carbons (Fsp3) is 0.158. The van der Waals surface area contributed by atoms with Gasteiger partial charge in [-0.25, -0.2) is 0 Å². The summed E-state index contributed by atoms with van der Waals surface area (Å²) in [5.74, 6) is 4.27. The first kappa shape index (κ1) is 18.4. The van der Waals surface area contributed by atoms with Crippen molar-refractivity contribution in [3.63, 3.8) is 0 Å². The molecule has 0 unspecified atom stereocenters. The maximum absolute atomic E-state index is 5.88. The van der Waals surface area contributed by atoms with Crippen LogP contribution in [0.15, 0.2) is 58.7 Å². The number of thioether (sulfide) groups is 1. The smallest absolute Gasteiger partial charge is 0.180 e. The van der Waals surface area contributed by atoms with Crippen LogP contribution in [-0.4, -0.2) is 25.1 Å². The molecule has 2 N–H and O–H groups in total. The third-order valence-corrected chi connectivity index (χ3v) is 3.97. The zero-order valence-corrected chi connectivity index (χ0v) is 14.7. The molecule has 2 aromatic carbocycles. The van der Waals surface area contributed by atoms with E-state index in [4.69, 9.17) is 21.6 Å². The SMILES string of the molecule is C#CCOc1c(C=NN=C(N)SCc2ccccc2)cccc1OC. The van der Waals surface area contributed by atoms with Crippen LogP contribution in [0.3, 0.4) is 0 Å². The van der Waals surface area contributed by atoms with Gasteiger partial charge < -0.3 is 15.2 Å². The fourth-order valence-corrected chi connectivity index (χ4v) is 2.58. The fourth-order valence-electron chi connectivity index (χ4n) is 1.97. The number of rotatable bonds is 7. The molecule has 2 rings (SSSR count). The molecule has 0 amide bonds. The molecule has 0 aliphatic rings. The third kappa shape index (κ3) is 5.90. The second-order valence-electron chi connectivity index (χ2n) is 4.83. The molecule has 0 radical (unpaired) electrons. The van der Waals surface area contributed by atoms with Crippen LogP contribution in [0.2, 0.25) is 0 Å². The van der Waals surface area contributed by atoms with E-state index >= 15 is 0 Å². The molecule has 0 aliphatic carbocycles. The zero-order chi connectivity index (χ0) is 17.9. The van der Waals surface area contributed by atoms with Crippen LogP contribution in [0.4, 0.5) is 0 Å². The molecule has 0 spiro atoms. The van der Waals surface area contributed by atoms with Gasteiger partial charge in [0.2, 0.25) is 0 Å². The number of terminal acetylenes is 1. The van der Waals surface area contributed by atoms with Crippen LogP contribution in [0.5, 0.6) is 11.5 Å². The van der Waals surface area contributed by atoms with Crippen LogP contribution < -0.4 is 15.2 Å². The topological polar surface area (TPSA) is 69.2 Å². The number of amidine groups is 1. The van der Waals surface area contributed by atoms with E-state index in [2.05, 4.69) is 16.1 Å². The first-order chi connectivity index (χ1) is 12.2. The highest BCUT2D eigenvalue weighted by molar-refractivity contribution is 8.13. The summed E-state index contributed by atoms with van der Waals surface area (Å²) in [6, 6.07) is 15.5. The van der Waals surface area contributed by atoms with Gasteiger partial charge in [-0.05, 0) is 17.7 Å². The van der Waals surface area contributed by atoms with Crippen molar-refractivity contribution in [2.45, 2.75) is 5.75 Å². The van der Waals surface area contributed by atoms with Gasteiger partial charge in [-0.15, -0.1) is 11.5 Å². The van der Waals surface area contributed by atoms with Crippen LogP contribution in [0.1, 0.15) is 11.1 Å². The quantitative estimate of drug-likeness (QED) is 0.359. The third-order valence-electron chi connectivity index (χ3n) is 3.11. The van der Waals surface area contributed by atoms with Gasteiger partial charge >= 0.3 is 0 Å². The molecule has 128 valence electrons. The summed E-state index contributed by atoms with van der Waals surface area (Å²) < 4.78 is 10.8. The molecule has 0 bridgehead atoms. The molecule has 0 saturated carbocycles. The van der Waals surface area contributed by atoms with Crippen molar-refractivity contribution in [3.8, 4) is 23.8 Å². The van der Waals surface area contributed by atoms with Crippen molar-refractivity contribution in [2.24, 2.45) is 15.9 Å². The lowest BCUT2D eigenvalue weighted by molar-refractivity contribution is 0.330. The number of benzene rings is 2. The van der Waals surface area contributed by atoms with Gasteiger partial charge in [0.15, 0.2) is 16.7 Å². The van der Waals surface area contributed by atoms with E-state index in [9.17, 15) is 0 Å². The van der Waals surface area contributed by atoms with Gasteiger partial charge in [-0.3, -0.25) is 0 Å². The summed E-state index contributed by atoms with van der Waals surface area (Å²) in [6.45, 7) is 0.138. The Morgan fingerprint density at radius 2 is 2.04 bits per heavy atom. The lowest BCUT2D eigenvalue weighted by Gasteiger charge is -2.10. The highest BCUT2D eigenvalue weighted by Crippen LogP contribution is 2.30. The first-order valence-corrected chi connectivity index (χ1v) is 8.49. The van der Waals surface area contributed by atoms with E-state index in [-0.39, 0.29) is 6.61 Å². The second-order valence-corrected chi connectivity index (χ2v) is 5.82. The highest BCUT2D eigenvalue weighted by Gasteiger charge is 2.08. The minimum atomic E-state index is 0.138. The van der Waals surface area contributed by atoms with Crippen molar-refractivity contribution in [2.75, 3.05) is 13.7 Å². The van der Waals surface area contributed by atoms with Gasteiger partial charge in [0.1, 0.15) is 6.61 Å². The molecular weight excluding hydrogens is 334 g/mol. The Kier molecular flexibility index (Phi) is 7.41. The Hall–Kier alpha value is -2.91. The summed E-state index contributed by atoms with van der Waals surface area (Å²) in [7, 11) is 1.56. The number of nitrogens with zero attached hydrogens (tertiary/aromatic N) is 2. The summed E-state index contributed by atoms with van der Waals surface area (Å²) in [5.41, 5.74) is 7.76. The summed E-state index contributed by atoms with van der Waals surface area (Å²) >= 11 is 1.42. The van der Waals surface area contributed by atoms with Crippen molar-refractivity contribution in [3.05, 3.63) is 59.7 Å². The summed E-state index contributed by atoms with van der Waals surface area (Å²) in [6.07, 6.45) is 6.81. The summed E-state index contributed by atoms with van der Waals surface area (Å²) in [4.78, 5) is 0. The summed E-state index contributed by atoms with van der Waals surface area (Å²) in [5, 5.41) is 8.41. The van der Waals surface area contributed by atoms with E-state index in [0.717, 1.165) is 5.75 Å². The maximum Gasteiger partial charge on any atom is 0.180 e. The Morgan fingerprint density at radius 3 is 2.76 bits per heavy atom. The van der Waals surface area contributed by atoms with E-state index in [0.29, 0.717) is 22.2 Å². The number of hydrogen-bond donors (Lipinski definition) is 1. The van der Waals surface area contributed by atoms with Gasteiger partial charge in [0.05, 0.1) is 13.3 Å². The number of ether oxygens (including phenoxy) is 2. The van der Waals surface area contributed by atoms with E-state index in [1.807, 2.05) is 42.5 Å². The maximum atomic E-state index is 5.88. The normalized spacial score (nSPS) is 11.3. The Labute approximate surface area is 151 Å². The molecular formula is C19H19N3O2S. The molecule has 6 heteroatoms. The molecule has 2 aromatic rings. The molecule has 0 aromatic heterocycles. The molecule has 5 nitrogen and oxygen atoms in total. The Morgan fingerprint density at radius 1 is 1.24 bits per heavy atom. The molecule has 25 heavy (non-hydrogen) atoms. The minimum absolute atomic E-state index is 0.138. The van der Waals surface area contributed by atoms with Crippen molar-refractivity contribution < 1.29 is 9.47 Å². The van der Waals surface area contributed by atoms with Crippen LogP contribution in [0.25, 0.3) is 0 Å². The van der Waals surface area contributed by atoms with Gasteiger partial charge in [0, 0.05) is 11.3 Å². The lowest BCUT2D eigenvalue weighted by atomic mass is 10.2.